The van der Waals surface area contributed by atoms with E-state index in [9.17, 15) is 9.59 Å². The van der Waals surface area contributed by atoms with Crippen molar-refractivity contribution in [2.75, 3.05) is 13.6 Å². The normalized spacial score (nSPS) is 31.4. The lowest BCUT2D eigenvalue weighted by atomic mass is 9.93. The molecule has 3 nitrogen and oxygen atoms in total. The number of nitrogens with zero attached hydrogens (tertiary/aromatic N) is 1. The number of rotatable bonds is 2. The number of amides is 1. The van der Waals surface area contributed by atoms with Crippen LogP contribution in [0.25, 0.3) is 0 Å². The molecule has 2 fully saturated rings. The topological polar surface area (TPSA) is 37.4 Å². The van der Waals surface area contributed by atoms with Gasteiger partial charge in [0.2, 0.25) is 5.91 Å². The predicted molar refractivity (Wildman–Crippen MR) is 58.9 cm³/mol. The monoisotopic (exact) mass is 215 g/mol. The number of fused-ring (bicyclic) bond motifs is 1. The van der Waals surface area contributed by atoms with E-state index < -0.39 is 5.41 Å². The molecule has 82 valence electrons. The number of likely N-dealkylation sites (tertiary alicyclic amines) is 1. The van der Waals surface area contributed by atoms with Crippen molar-refractivity contribution in [2.45, 2.75) is 6.42 Å². The zero-order valence-corrected chi connectivity index (χ0v) is 9.14. The van der Waals surface area contributed by atoms with Gasteiger partial charge < -0.3 is 4.90 Å². The van der Waals surface area contributed by atoms with Gasteiger partial charge in [0.25, 0.3) is 0 Å². The SMILES string of the molecule is CN1CC2CC2(C(=O)c2ccccc2)C1=O. The fraction of sp³-hybridized carbons (Fsp3) is 0.385. The zero-order valence-electron chi connectivity index (χ0n) is 9.14. The number of hydrogen-bond donors (Lipinski definition) is 0. The number of carbonyl (C=O) groups excluding carboxylic acids is 2. The second-order valence-corrected chi connectivity index (χ2v) is 4.75. The summed E-state index contributed by atoms with van der Waals surface area (Å²) in [7, 11) is 1.77. The lowest BCUT2D eigenvalue weighted by Crippen LogP contribution is -2.32. The number of hydrogen-bond acceptors (Lipinski definition) is 2. The maximum Gasteiger partial charge on any atom is 0.236 e. The minimum Gasteiger partial charge on any atom is -0.345 e. The highest BCUT2D eigenvalue weighted by Gasteiger charge is 2.70. The molecule has 0 bridgehead atoms. The van der Waals surface area contributed by atoms with Crippen LogP contribution in [0.1, 0.15) is 16.8 Å². The van der Waals surface area contributed by atoms with Gasteiger partial charge in [0.1, 0.15) is 5.41 Å². The Morgan fingerprint density at radius 3 is 2.62 bits per heavy atom. The Labute approximate surface area is 94.1 Å². The van der Waals surface area contributed by atoms with E-state index in [1.807, 2.05) is 18.2 Å². The van der Waals surface area contributed by atoms with Gasteiger partial charge in [-0.3, -0.25) is 9.59 Å². The van der Waals surface area contributed by atoms with E-state index in [4.69, 9.17) is 0 Å². The highest BCUT2D eigenvalue weighted by atomic mass is 16.2. The molecule has 1 saturated carbocycles. The van der Waals surface area contributed by atoms with Crippen LogP contribution in [0.5, 0.6) is 0 Å². The van der Waals surface area contributed by atoms with Crippen molar-refractivity contribution in [1.29, 1.82) is 0 Å². The molecule has 0 radical (unpaired) electrons. The molecule has 1 aromatic carbocycles. The van der Waals surface area contributed by atoms with Crippen LogP contribution in [-0.4, -0.2) is 30.2 Å². The van der Waals surface area contributed by atoms with Crippen molar-refractivity contribution in [3.05, 3.63) is 35.9 Å². The minimum absolute atomic E-state index is 0.00588. The Hall–Kier alpha value is -1.64. The maximum atomic E-state index is 12.3. The average Bonchev–Trinajstić information content (AvgIpc) is 2.97. The largest absolute Gasteiger partial charge is 0.345 e. The van der Waals surface area contributed by atoms with Crippen molar-refractivity contribution in [2.24, 2.45) is 11.3 Å². The first-order valence-corrected chi connectivity index (χ1v) is 5.51. The molecule has 16 heavy (non-hydrogen) atoms. The van der Waals surface area contributed by atoms with Gasteiger partial charge in [-0.25, -0.2) is 0 Å². The number of carbonyl (C=O) groups is 2. The molecule has 0 aromatic heterocycles. The number of ketones is 1. The van der Waals surface area contributed by atoms with Gasteiger partial charge in [-0.2, -0.15) is 0 Å². The summed E-state index contributed by atoms with van der Waals surface area (Å²) >= 11 is 0. The van der Waals surface area contributed by atoms with Crippen LogP contribution in [0.4, 0.5) is 0 Å². The summed E-state index contributed by atoms with van der Waals surface area (Å²) in [4.78, 5) is 26.0. The van der Waals surface area contributed by atoms with Gasteiger partial charge in [0, 0.05) is 19.2 Å². The molecule has 1 aromatic rings. The lowest BCUT2D eigenvalue weighted by molar-refractivity contribution is -0.130. The van der Waals surface area contributed by atoms with Crippen LogP contribution in [0.3, 0.4) is 0 Å². The highest BCUT2D eigenvalue weighted by Crippen LogP contribution is 2.59. The van der Waals surface area contributed by atoms with Crippen LogP contribution in [0.15, 0.2) is 30.3 Å². The summed E-state index contributed by atoms with van der Waals surface area (Å²) in [6.45, 7) is 0.734. The van der Waals surface area contributed by atoms with E-state index in [-0.39, 0.29) is 17.6 Å². The van der Waals surface area contributed by atoms with Crippen molar-refractivity contribution in [1.82, 2.24) is 4.90 Å². The van der Waals surface area contributed by atoms with Gasteiger partial charge in [-0.1, -0.05) is 30.3 Å². The van der Waals surface area contributed by atoms with Crippen molar-refractivity contribution < 1.29 is 9.59 Å². The molecular weight excluding hydrogens is 202 g/mol. The van der Waals surface area contributed by atoms with Crippen molar-refractivity contribution >= 4 is 11.7 Å². The van der Waals surface area contributed by atoms with Crippen LogP contribution in [-0.2, 0) is 4.79 Å². The first-order chi connectivity index (χ1) is 7.66. The number of Topliss-reactive ketones (excluding diaryl/α,β-unsaturated/α-hetero) is 1. The van der Waals surface area contributed by atoms with Crippen LogP contribution in [0, 0.1) is 11.3 Å². The predicted octanol–water partition coefficient (Wildman–Crippen LogP) is 1.35. The van der Waals surface area contributed by atoms with E-state index in [0.717, 1.165) is 13.0 Å². The van der Waals surface area contributed by atoms with Crippen molar-refractivity contribution in [3.8, 4) is 0 Å². The van der Waals surface area contributed by atoms with Gasteiger partial charge in [-0.15, -0.1) is 0 Å². The highest BCUT2D eigenvalue weighted by molar-refractivity contribution is 6.17. The van der Waals surface area contributed by atoms with Gasteiger partial charge >= 0.3 is 0 Å². The Bertz CT molecular complexity index is 468. The zero-order chi connectivity index (χ0) is 11.3. The molecule has 1 saturated heterocycles. The third-order valence-corrected chi connectivity index (χ3v) is 3.77. The van der Waals surface area contributed by atoms with E-state index in [0.29, 0.717) is 5.56 Å². The van der Waals surface area contributed by atoms with Gasteiger partial charge in [0.15, 0.2) is 5.78 Å². The van der Waals surface area contributed by atoms with Crippen LogP contribution < -0.4 is 0 Å². The fourth-order valence-corrected chi connectivity index (χ4v) is 2.79. The van der Waals surface area contributed by atoms with E-state index in [1.165, 1.54) is 0 Å². The molecule has 1 aliphatic heterocycles. The smallest absolute Gasteiger partial charge is 0.236 e. The van der Waals surface area contributed by atoms with Crippen LogP contribution >= 0.6 is 0 Å². The molecule has 1 amide bonds. The Kier molecular flexibility index (Phi) is 1.76. The summed E-state index contributed by atoms with van der Waals surface area (Å²) in [5, 5.41) is 0. The molecule has 2 atom stereocenters. The van der Waals surface area contributed by atoms with Crippen molar-refractivity contribution in [3.63, 3.8) is 0 Å². The molecule has 3 rings (SSSR count). The summed E-state index contributed by atoms with van der Waals surface area (Å²) in [5.74, 6) is 0.261. The number of piperidine rings is 1. The average molecular weight is 215 g/mol. The molecule has 3 heteroatoms. The molecule has 1 heterocycles. The quantitative estimate of drug-likeness (QED) is 0.551. The lowest BCUT2D eigenvalue weighted by Gasteiger charge is -2.14. The Morgan fingerprint density at radius 2 is 2.06 bits per heavy atom. The first-order valence-electron chi connectivity index (χ1n) is 5.51. The molecule has 0 N–H and O–H groups in total. The van der Waals surface area contributed by atoms with Gasteiger partial charge in [-0.05, 0) is 12.3 Å². The van der Waals surface area contributed by atoms with E-state index in [2.05, 4.69) is 0 Å². The standard InChI is InChI=1S/C13H13NO2/c1-14-8-10-7-13(10,12(14)16)11(15)9-5-3-2-4-6-9/h2-6,10H,7-8H2,1H3. The Morgan fingerprint density at radius 1 is 1.38 bits per heavy atom. The third kappa shape index (κ3) is 1.03. The molecule has 2 unspecified atom stereocenters. The summed E-state index contributed by atoms with van der Waals surface area (Å²) in [5.41, 5.74) is -0.0375. The minimum atomic E-state index is -0.698. The second kappa shape index (κ2) is 2.94. The van der Waals surface area contributed by atoms with Crippen LogP contribution in [0.2, 0.25) is 0 Å². The molecule has 2 aliphatic rings. The fourth-order valence-electron chi connectivity index (χ4n) is 2.79. The van der Waals surface area contributed by atoms with E-state index >= 15 is 0 Å². The molecule has 0 spiro atoms. The first kappa shape index (κ1) is 9.58. The summed E-state index contributed by atoms with van der Waals surface area (Å²) in [6, 6.07) is 9.13. The summed E-state index contributed by atoms with van der Waals surface area (Å²) < 4.78 is 0. The molecule has 1 aliphatic carbocycles. The van der Waals surface area contributed by atoms with E-state index in [1.54, 1.807) is 24.1 Å². The van der Waals surface area contributed by atoms with Gasteiger partial charge in [0.05, 0.1) is 0 Å². The number of benzene rings is 1. The molecular formula is C13H13NO2. The summed E-state index contributed by atoms with van der Waals surface area (Å²) in [6.07, 6.45) is 0.740. The Balaban J connectivity index is 1.96. The second-order valence-electron chi connectivity index (χ2n) is 4.75. The third-order valence-electron chi connectivity index (χ3n) is 3.77. The maximum absolute atomic E-state index is 12.3.